The van der Waals surface area contributed by atoms with E-state index in [1.165, 1.54) is 32.8 Å². The minimum Gasteiger partial charge on any atom is -0.382 e. The minimum absolute atomic E-state index is 0.133. The van der Waals surface area contributed by atoms with E-state index >= 15 is 0 Å². The third kappa shape index (κ3) is 12.3. The summed E-state index contributed by atoms with van der Waals surface area (Å²) in [4.78, 5) is 9.35. The predicted molar refractivity (Wildman–Crippen MR) is 69.0 cm³/mol. The smallest absolute Gasteiger partial charge is 0.382 e. The fourth-order valence-electron chi connectivity index (χ4n) is 1.42. The van der Waals surface area contributed by atoms with Crippen LogP contribution in [0.25, 0.3) is 0 Å². The van der Waals surface area contributed by atoms with Crippen LogP contribution in [-0.2, 0) is 13.8 Å². The molecule has 0 radical (unpaired) electrons. The Morgan fingerprint density at radius 1 is 1.12 bits per heavy atom. The van der Waals surface area contributed by atoms with Crippen LogP contribution < -0.4 is 5.09 Å². The molecule has 0 aromatic rings. The van der Waals surface area contributed by atoms with Crippen molar-refractivity contribution in [3.63, 3.8) is 0 Å². The van der Waals surface area contributed by atoms with E-state index in [0.717, 1.165) is 12.8 Å². The third-order valence-electron chi connectivity index (χ3n) is 2.40. The van der Waals surface area contributed by atoms with Crippen LogP contribution >= 0.6 is 7.75 Å². The molecule has 0 spiro atoms. The zero-order chi connectivity index (χ0) is 13.0. The van der Waals surface area contributed by atoms with Crippen molar-refractivity contribution in [1.29, 1.82) is 0 Å². The van der Waals surface area contributed by atoms with Gasteiger partial charge in [-0.1, -0.05) is 39.0 Å². The van der Waals surface area contributed by atoms with Gasteiger partial charge < -0.3 is 9.63 Å². The summed E-state index contributed by atoms with van der Waals surface area (Å²) >= 11 is 0. The summed E-state index contributed by atoms with van der Waals surface area (Å²) in [5.41, 5.74) is 0. The molecule has 17 heavy (non-hydrogen) atoms. The quantitative estimate of drug-likeness (QED) is 0.420. The van der Waals surface area contributed by atoms with Gasteiger partial charge in [-0.3, -0.25) is 4.52 Å². The highest BCUT2D eigenvalue weighted by Crippen LogP contribution is 2.36. The molecular weight excluding hydrogens is 241 g/mol. The van der Waals surface area contributed by atoms with Gasteiger partial charge in [-0.15, -0.1) is 0 Å². The number of hydrogen-bond acceptors (Lipinski definition) is 3. The van der Waals surface area contributed by atoms with E-state index < -0.39 is 7.75 Å². The molecule has 0 aliphatic rings. The molecule has 5 nitrogen and oxygen atoms in total. The van der Waals surface area contributed by atoms with Crippen molar-refractivity contribution < 1.29 is 18.7 Å². The molecule has 0 aromatic carbocycles. The Bertz CT molecular complexity index is 214. The Labute approximate surface area is 104 Å². The average Bonchev–Trinajstić information content (AvgIpc) is 2.28. The van der Waals surface area contributed by atoms with Crippen molar-refractivity contribution in [2.24, 2.45) is 0 Å². The molecule has 0 amide bonds. The van der Waals surface area contributed by atoms with Gasteiger partial charge in [-0.25, -0.2) is 9.65 Å². The number of unbranched alkanes of at least 4 members (excludes halogenated alkanes) is 5. The highest BCUT2D eigenvalue weighted by atomic mass is 31.2. The molecule has 0 aliphatic carbocycles. The zero-order valence-electron chi connectivity index (χ0n) is 11.0. The number of nitrogens with one attached hydrogen (secondary N) is 1. The molecule has 0 fully saturated rings. The first-order valence-electron chi connectivity index (χ1n) is 6.34. The van der Waals surface area contributed by atoms with E-state index in [4.69, 9.17) is 9.26 Å². The lowest BCUT2D eigenvalue weighted by atomic mass is 10.1. The van der Waals surface area contributed by atoms with Gasteiger partial charge in [0.15, 0.2) is 0 Å². The maximum absolute atomic E-state index is 11.4. The lowest BCUT2D eigenvalue weighted by molar-refractivity contribution is 0.135. The van der Waals surface area contributed by atoms with Gasteiger partial charge in [0.2, 0.25) is 0 Å². The van der Waals surface area contributed by atoms with Gasteiger partial charge in [0.05, 0.1) is 13.2 Å². The highest BCUT2D eigenvalue weighted by Gasteiger charge is 2.17. The molecule has 6 heteroatoms. The Kier molecular flexibility index (Phi) is 11.2. The zero-order valence-corrected chi connectivity index (χ0v) is 11.9. The molecular formula is C11H26NO4P. The summed E-state index contributed by atoms with van der Waals surface area (Å²) in [7, 11) is -2.09. The van der Waals surface area contributed by atoms with Gasteiger partial charge in [0.1, 0.15) is 0 Å². The SMILES string of the molecule is CCCCCCCCNP(=O)(O)OCCOC. The standard InChI is InChI=1S/C11H26NO4P/c1-3-4-5-6-7-8-9-12-17(13,14)16-11-10-15-2/h3-11H2,1-2H3,(H2,12,13,14). The molecule has 0 saturated carbocycles. The van der Waals surface area contributed by atoms with Gasteiger partial charge >= 0.3 is 7.75 Å². The predicted octanol–water partition coefficient (Wildman–Crippen LogP) is 2.70. The van der Waals surface area contributed by atoms with Crippen molar-refractivity contribution in [3.8, 4) is 0 Å². The molecule has 1 atom stereocenters. The van der Waals surface area contributed by atoms with Crippen molar-refractivity contribution in [2.45, 2.75) is 45.4 Å². The van der Waals surface area contributed by atoms with Crippen LogP contribution in [0.4, 0.5) is 0 Å². The fourth-order valence-corrected chi connectivity index (χ4v) is 2.27. The van der Waals surface area contributed by atoms with Crippen LogP contribution in [-0.4, -0.2) is 31.8 Å². The summed E-state index contributed by atoms with van der Waals surface area (Å²) < 4.78 is 20.9. The van der Waals surface area contributed by atoms with Gasteiger partial charge in [-0.2, -0.15) is 0 Å². The molecule has 1 unspecified atom stereocenters. The van der Waals surface area contributed by atoms with E-state index in [1.807, 2.05) is 0 Å². The Balaban J connectivity index is 3.36. The number of methoxy groups -OCH3 is 1. The Hall–Kier alpha value is 0.0700. The second kappa shape index (κ2) is 11.2. The lowest BCUT2D eigenvalue weighted by Crippen LogP contribution is -2.15. The first-order valence-corrected chi connectivity index (χ1v) is 7.91. The van der Waals surface area contributed by atoms with Crippen LogP contribution in [0.3, 0.4) is 0 Å². The van der Waals surface area contributed by atoms with E-state index in [-0.39, 0.29) is 6.61 Å². The summed E-state index contributed by atoms with van der Waals surface area (Å²) in [6, 6.07) is 0. The highest BCUT2D eigenvalue weighted by molar-refractivity contribution is 7.50. The molecule has 0 aromatic heterocycles. The van der Waals surface area contributed by atoms with Crippen molar-refractivity contribution in [3.05, 3.63) is 0 Å². The largest absolute Gasteiger partial charge is 0.403 e. The van der Waals surface area contributed by atoms with Crippen LogP contribution in [0.5, 0.6) is 0 Å². The topological polar surface area (TPSA) is 67.8 Å². The van der Waals surface area contributed by atoms with Crippen LogP contribution in [0.15, 0.2) is 0 Å². The number of hydrogen-bond donors (Lipinski definition) is 2. The van der Waals surface area contributed by atoms with Gasteiger partial charge in [-0.05, 0) is 6.42 Å². The van der Waals surface area contributed by atoms with Crippen molar-refractivity contribution in [2.75, 3.05) is 26.9 Å². The summed E-state index contributed by atoms with van der Waals surface area (Å²) in [6.45, 7) is 3.16. The Morgan fingerprint density at radius 2 is 1.76 bits per heavy atom. The molecule has 0 rings (SSSR count). The molecule has 0 heterocycles. The van der Waals surface area contributed by atoms with E-state index in [2.05, 4.69) is 12.0 Å². The van der Waals surface area contributed by atoms with Gasteiger partial charge in [0.25, 0.3) is 0 Å². The second-order valence-corrected chi connectivity index (χ2v) is 5.64. The summed E-state index contributed by atoms with van der Waals surface area (Å²) in [6.07, 6.45) is 6.93. The number of ether oxygens (including phenoxy) is 1. The number of rotatable bonds is 12. The molecule has 2 N–H and O–H groups in total. The maximum atomic E-state index is 11.4. The van der Waals surface area contributed by atoms with Crippen LogP contribution in [0.2, 0.25) is 0 Å². The molecule has 0 bridgehead atoms. The van der Waals surface area contributed by atoms with Crippen LogP contribution in [0.1, 0.15) is 45.4 Å². The first-order chi connectivity index (χ1) is 8.12. The van der Waals surface area contributed by atoms with E-state index in [0.29, 0.717) is 13.2 Å². The molecule has 0 saturated heterocycles. The second-order valence-electron chi connectivity index (χ2n) is 4.02. The monoisotopic (exact) mass is 267 g/mol. The average molecular weight is 267 g/mol. The first kappa shape index (κ1) is 17.1. The van der Waals surface area contributed by atoms with Crippen molar-refractivity contribution >= 4 is 7.75 Å². The minimum atomic E-state index is -3.61. The Morgan fingerprint density at radius 3 is 2.41 bits per heavy atom. The van der Waals surface area contributed by atoms with Gasteiger partial charge in [0, 0.05) is 13.7 Å². The fraction of sp³-hybridized carbons (Fsp3) is 1.00. The maximum Gasteiger partial charge on any atom is 0.403 e. The van der Waals surface area contributed by atoms with Crippen molar-refractivity contribution in [1.82, 2.24) is 5.09 Å². The molecule has 104 valence electrons. The third-order valence-corrected chi connectivity index (χ3v) is 3.55. The van der Waals surface area contributed by atoms with E-state index in [9.17, 15) is 9.46 Å². The summed E-state index contributed by atoms with van der Waals surface area (Å²) in [5, 5.41) is 2.54. The summed E-state index contributed by atoms with van der Waals surface area (Å²) in [5.74, 6) is 0. The molecule has 0 aliphatic heterocycles. The van der Waals surface area contributed by atoms with Crippen LogP contribution in [0, 0.1) is 0 Å². The lowest BCUT2D eigenvalue weighted by Gasteiger charge is -2.12. The van der Waals surface area contributed by atoms with E-state index in [1.54, 1.807) is 0 Å². The normalized spacial score (nSPS) is 14.8.